The van der Waals surface area contributed by atoms with Gasteiger partial charge in [-0.25, -0.2) is 5.01 Å². The minimum absolute atomic E-state index is 0.00640. The fourth-order valence-corrected chi connectivity index (χ4v) is 6.46. The van der Waals surface area contributed by atoms with Gasteiger partial charge in [-0.05, 0) is 56.3 Å². The van der Waals surface area contributed by atoms with Crippen LogP contribution in [0.2, 0.25) is 0 Å². The average molecular weight is 424 g/mol. The van der Waals surface area contributed by atoms with E-state index < -0.39 is 4.33 Å². The van der Waals surface area contributed by atoms with Gasteiger partial charge in [0, 0.05) is 18.3 Å². The summed E-state index contributed by atoms with van der Waals surface area (Å²) in [5, 5.41) is 7.04. The molecular formula is C22H21N3O2S2. The summed E-state index contributed by atoms with van der Waals surface area (Å²) in [5.41, 5.74) is 3.76. The van der Waals surface area contributed by atoms with Crippen molar-refractivity contribution in [3.05, 3.63) is 70.8 Å². The molecule has 2 heterocycles. The van der Waals surface area contributed by atoms with E-state index in [4.69, 9.17) is 5.10 Å². The van der Waals surface area contributed by atoms with Crippen molar-refractivity contribution in [1.82, 2.24) is 0 Å². The number of carbonyl (C=O) groups is 2. The molecular weight excluding hydrogens is 402 g/mol. The van der Waals surface area contributed by atoms with Gasteiger partial charge >= 0.3 is 0 Å². The summed E-state index contributed by atoms with van der Waals surface area (Å²) in [6.45, 7) is 7.08. The normalized spacial score (nSPS) is 21.2. The fraction of sp³-hybridized carbons (Fsp3) is 0.227. The highest BCUT2D eigenvalue weighted by molar-refractivity contribution is 8.29. The second kappa shape index (κ2) is 7.39. The molecule has 0 aliphatic carbocycles. The molecule has 148 valence electrons. The Morgan fingerprint density at radius 2 is 1.55 bits per heavy atom. The first kappa shape index (κ1) is 19.8. The van der Waals surface area contributed by atoms with E-state index in [1.807, 2.05) is 73.5 Å². The van der Waals surface area contributed by atoms with Crippen LogP contribution in [0.1, 0.15) is 26.3 Å². The maximum absolute atomic E-state index is 12.5. The lowest BCUT2D eigenvalue weighted by Crippen LogP contribution is -2.49. The second-order valence-electron chi connectivity index (χ2n) is 6.95. The maximum Gasteiger partial charge on any atom is 0.245 e. The van der Waals surface area contributed by atoms with E-state index in [1.54, 1.807) is 6.92 Å². The van der Waals surface area contributed by atoms with Crippen LogP contribution in [-0.4, -0.2) is 20.9 Å². The molecule has 0 fully saturated rings. The highest BCUT2D eigenvalue weighted by atomic mass is 32.2. The highest BCUT2D eigenvalue weighted by Crippen LogP contribution is 2.60. The van der Waals surface area contributed by atoms with E-state index in [9.17, 15) is 9.59 Å². The summed E-state index contributed by atoms with van der Waals surface area (Å²) in [7, 11) is 0. The number of hydrogen-bond donors (Lipinski definition) is 0. The number of anilines is 2. The van der Waals surface area contributed by atoms with E-state index in [0.29, 0.717) is 9.95 Å². The summed E-state index contributed by atoms with van der Waals surface area (Å²) in [4.78, 5) is 27.6. The van der Waals surface area contributed by atoms with E-state index in [1.165, 1.54) is 30.4 Å². The number of ketones is 2. The fourth-order valence-electron chi connectivity index (χ4n) is 3.52. The van der Waals surface area contributed by atoms with Gasteiger partial charge in [0.05, 0.1) is 10.6 Å². The number of Topliss-reactive ketones (excluding diaryl/α,β-unsaturated/α-hetero) is 2. The van der Waals surface area contributed by atoms with E-state index in [-0.39, 0.29) is 11.6 Å². The topological polar surface area (TPSA) is 53.0 Å². The highest BCUT2D eigenvalue weighted by Gasteiger charge is 2.57. The lowest BCUT2D eigenvalue weighted by Gasteiger charge is -2.41. The number of rotatable bonds is 4. The number of hydrogen-bond acceptors (Lipinski definition) is 7. The maximum atomic E-state index is 12.5. The van der Waals surface area contributed by atoms with Crippen molar-refractivity contribution in [1.29, 1.82) is 0 Å². The first-order valence-corrected chi connectivity index (χ1v) is 10.9. The third-order valence-corrected chi connectivity index (χ3v) is 7.94. The molecule has 0 aromatic heterocycles. The number of allylic oxidation sites excluding steroid dienone is 2. The third kappa shape index (κ3) is 3.18. The minimum Gasteiger partial charge on any atom is -0.301 e. The smallest absolute Gasteiger partial charge is 0.245 e. The molecule has 2 aliphatic rings. The Hall–Kier alpha value is -2.51. The zero-order valence-electron chi connectivity index (χ0n) is 16.7. The Labute approximate surface area is 178 Å². The first-order valence-electron chi connectivity index (χ1n) is 9.25. The zero-order valence-corrected chi connectivity index (χ0v) is 18.3. The van der Waals surface area contributed by atoms with Crippen LogP contribution in [0, 0.1) is 6.92 Å². The Kier molecular flexibility index (Phi) is 5.04. The molecule has 1 spiro atoms. The van der Waals surface area contributed by atoms with Crippen molar-refractivity contribution in [3.8, 4) is 0 Å². The van der Waals surface area contributed by atoms with Gasteiger partial charge in [0.25, 0.3) is 0 Å². The van der Waals surface area contributed by atoms with Gasteiger partial charge < -0.3 is 4.90 Å². The summed E-state index contributed by atoms with van der Waals surface area (Å²) in [5.74, 6) is -0.0834. The molecule has 0 saturated heterocycles. The SMILES string of the molecule is CC(=O)C1=NN(c2ccccc2C)C2(S1)SC(C(C)=O)=C(C)N2c1ccccc1. The number of hydrazone groups is 1. The number of benzene rings is 2. The molecule has 1 atom stereocenters. The van der Waals surface area contributed by atoms with Gasteiger partial charge in [-0.2, -0.15) is 5.10 Å². The molecule has 0 radical (unpaired) electrons. The molecule has 7 heteroatoms. The summed E-state index contributed by atoms with van der Waals surface area (Å²) in [6, 6.07) is 17.9. The molecule has 4 rings (SSSR count). The average Bonchev–Trinajstić information content (AvgIpc) is 3.21. The van der Waals surface area contributed by atoms with Gasteiger partial charge in [0.2, 0.25) is 4.33 Å². The number of para-hydroxylation sites is 2. The van der Waals surface area contributed by atoms with Gasteiger partial charge in [-0.1, -0.05) is 48.2 Å². The van der Waals surface area contributed by atoms with Crippen LogP contribution in [0.25, 0.3) is 0 Å². The van der Waals surface area contributed by atoms with Crippen LogP contribution in [0.5, 0.6) is 0 Å². The Morgan fingerprint density at radius 3 is 2.17 bits per heavy atom. The third-order valence-electron chi connectivity index (χ3n) is 4.85. The molecule has 5 nitrogen and oxygen atoms in total. The molecule has 0 amide bonds. The summed E-state index contributed by atoms with van der Waals surface area (Å²) >= 11 is 2.84. The summed E-state index contributed by atoms with van der Waals surface area (Å²) < 4.78 is -0.820. The molecule has 2 aromatic carbocycles. The van der Waals surface area contributed by atoms with Crippen LogP contribution in [0.4, 0.5) is 11.4 Å². The summed E-state index contributed by atoms with van der Waals surface area (Å²) in [6.07, 6.45) is 0. The predicted molar refractivity (Wildman–Crippen MR) is 122 cm³/mol. The van der Waals surface area contributed by atoms with Crippen molar-refractivity contribution in [2.24, 2.45) is 5.10 Å². The van der Waals surface area contributed by atoms with E-state index >= 15 is 0 Å². The van der Waals surface area contributed by atoms with Crippen LogP contribution >= 0.6 is 23.5 Å². The Morgan fingerprint density at radius 1 is 0.897 bits per heavy atom. The predicted octanol–water partition coefficient (Wildman–Crippen LogP) is 5.14. The zero-order chi connectivity index (χ0) is 20.8. The minimum atomic E-state index is -0.820. The van der Waals surface area contributed by atoms with Gasteiger partial charge in [0.15, 0.2) is 16.6 Å². The lowest BCUT2D eigenvalue weighted by molar-refractivity contribution is -0.113. The van der Waals surface area contributed by atoms with Crippen LogP contribution in [0.3, 0.4) is 0 Å². The van der Waals surface area contributed by atoms with Crippen LogP contribution in [0.15, 0.2) is 70.3 Å². The molecule has 2 aromatic rings. The lowest BCUT2D eigenvalue weighted by atomic mass is 10.2. The molecule has 1 unspecified atom stereocenters. The van der Waals surface area contributed by atoms with E-state index in [0.717, 1.165) is 22.6 Å². The van der Waals surface area contributed by atoms with Crippen molar-refractivity contribution in [2.45, 2.75) is 32.0 Å². The van der Waals surface area contributed by atoms with Gasteiger partial charge in [0.1, 0.15) is 0 Å². The number of carbonyl (C=O) groups excluding carboxylic acids is 2. The Bertz CT molecular complexity index is 1060. The molecule has 0 saturated carbocycles. The van der Waals surface area contributed by atoms with E-state index in [2.05, 4.69) is 4.90 Å². The standard InChI is InChI=1S/C22H21N3O2S2/c1-14-10-8-9-13-19(14)25-22(29-21(23-25)17(4)27)24(18-11-6-5-7-12-18)15(2)20(28-22)16(3)26/h5-13H,1-4H3. The van der Waals surface area contributed by atoms with Crippen LogP contribution in [-0.2, 0) is 9.59 Å². The second-order valence-corrected chi connectivity index (χ2v) is 9.55. The van der Waals surface area contributed by atoms with Crippen molar-refractivity contribution in [3.63, 3.8) is 0 Å². The number of nitrogens with zero attached hydrogens (tertiary/aromatic N) is 3. The van der Waals surface area contributed by atoms with Gasteiger partial charge in [-0.15, -0.1) is 0 Å². The van der Waals surface area contributed by atoms with Gasteiger partial charge in [-0.3, -0.25) is 9.59 Å². The largest absolute Gasteiger partial charge is 0.301 e. The van der Waals surface area contributed by atoms with Crippen molar-refractivity contribution < 1.29 is 9.59 Å². The quantitative estimate of drug-likeness (QED) is 0.679. The first-order chi connectivity index (χ1) is 13.8. The Balaban J connectivity index is 1.94. The van der Waals surface area contributed by atoms with Crippen molar-refractivity contribution in [2.75, 3.05) is 9.91 Å². The molecule has 2 aliphatic heterocycles. The van der Waals surface area contributed by atoms with Crippen LogP contribution < -0.4 is 9.91 Å². The molecule has 29 heavy (non-hydrogen) atoms. The van der Waals surface area contributed by atoms with Crippen molar-refractivity contribution >= 4 is 51.5 Å². The monoisotopic (exact) mass is 423 g/mol. The molecule has 0 N–H and O–H groups in total. The number of aryl methyl sites for hydroxylation is 1. The number of thioether (sulfide) groups is 2. The molecule has 0 bridgehead atoms.